The number of pyridine rings is 1. The van der Waals surface area contributed by atoms with Crippen molar-refractivity contribution in [3.8, 4) is 0 Å². The van der Waals surface area contributed by atoms with E-state index in [4.69, 9.17) is 0 Å². The Kier molecular flexibility index (Phi) is 7.05. The van der Waals surface area contributed by atoms with Crippen LogP contribution in [0.1, 0.15) is 57.3 Å². The van der Waals surface area contributed by atoms with E-state index < -0.39 is 0 Å². The molecule has 1 atom stereocenters. The lowest BCUT2D eigenvalue weighted by molar-refractivity contribution is 0.0937. The van der Waals surface area contributed by atoms with Crippen LogP contribution in [0, 0.1) is 5.92 Å². The van der Waals surface area contributed by atoms with Crippen molar-refractivity contribution in [2.24, 2.45) is 5.92 Å². The minimum absolute atomic E-state index is 0.0482. The summed E-state index contributed by atoms with van der Waals surface area (Å²) in [4.78, 5) is 16.3. The molecule has 0 bridgehead atoms. The van der Waals surface area contributed by atoms with Crippen LogP contribution in [0.3, 0.4) is 0 Å². The zero-order valence-corrected chi connectivity index (χ0v) is 13.1. The first-order valence-corrected chi connectivity index (χ1v) is 7.53. The summed E-state index contributed by atoms with van der Waals surface area (Å²) in [7, 11) is 0. The van der Waals surface area contributed by atoms with Gasteiger partial charge in [-0.15, -0.1) is 0 Å². The molecule has 1 heterocycles. The van der Waals surface area contributed by atoms with Crippen LogP contribution >= 0.6 is 0 Å². The van der Waals surface area contributed by atoms with Crippen LogP contribution in [0.5, 0.6) is 0 Å². The van der Waals surface area contributed by atoms with Crippen LogP contribution in [-0.4, -0.2) is 23.5 Å². The third kappa shape index (κ3) is 5.59. The van der Waals surface area contributed by atoms with E-state index in [1.165, 1.54) is 0 Å². The normalized spacial score (nSPS) is 12.2. The maximum absolute atomic E-state index is 12.3. The van der Waals surface area contributed by atoms with Gasteiger partial charge in [0.15, 0.2) is 0 Å². The average molecular weight is 277 g/mol. The first-order valence-electron chi connectivity index (χ1n) is 7.53. The number of aromatic nitrogens is 1. The zero-order chi connectivity index (χ0) is 15.0. The molecule has 0 fully saturated rings. The van der Waals surface area contributed by atoms with Crippen molar-refractivity contribution >= 4 is 11.6 Å². The van der Waals surface area contributed by atoms with Gasteiger partial charge in [-0.1, -0.05) is 20.8 Å². The fraction of sp³-hybridized carbons (Fsp3) is 0.625. The van der Waals surface area contributed by atoms with E-state index in [0.29, 0.717) is 11.5 Å². The van der Waals surface area contributed by atoms with Crippen LogP contribution in [0.15, 0.2) is 18.5 Å². The van der Waals surface area contributed by atoms with E-state index in [9.17, 15) is 4.79 Å². The zero-order valence-electron chi connectivity index (χ0n) is 13.1. The molecular weight excluding hydrogens is 250 g/mol. The van der Waals surface area contributed by atoms with Gasteiger partial charge in [-0.3, -0.25) is 9.78 Å². The second kappa shape index (κ2) is 8.56. The Labute approximate surface area is 122 Å². The molecule has 1 aromatic rings. The van der Waals surface area contributed by atoms with E-state index in [0.717, 1.165) is 31.5 Å². The van der Waals surface area contributed by atoms with Gasteiger partial charge in [-0.2, -0.15) is 0 Å². The third-order valence-electron chi connectivity index (χ3n) is 3.19. The highest BCUT2D eigenvalue weighted by Crippen LogP contribution is 2.14. The molecule has 1 amide bonds. The van der Waals surface area contributed by atoms with Crippen molar-refractivity contribution in [2.75, 3.05) is 11.9 Å². The van der Waals surface area contributed by atoms with Crippen LogP contribution in [0.2, 0.25) is 0 Å². The Balaban J connectivity index is 2.62. The maximum Gasteiger partial charge on any atom is 0.255 e. The maximum atomic E-state index is 12.3. The number of carbonyl (C=O) groups excluding carboxylic acids is 1. The van der Waals surface area contributed by atoms with Crippen molar-refractivity contribution in [3.05, 3.63) is 24.0 Å². The highest BCUT2D eigenvalue weighted by molar-refractivity contribution is 5.99. The van der Waals surface area contributed by atoms with Gasteiger partial charge >= 0.3 is 0 Å². The topological polar surface area (TPSA) is 54.0 Å². The van der Waals surface area contributed by atoms with Gasteiger partial charge in [-0.05, 0) is 38.2 Å². The fourth-order valence-corrected chi connectivity index (χ4v) is 1.95. The van der Waals surface area contributed by atoms with Gasteiger partial charge in [0.05, 0.1) is 11.3 Å². The molecule has 20 heavy (non-hydrogen) atoms. The highest BCUT2D eigenvalue weighted by Gasteiger charge is 2.14. The molecule has 112 valence electrons. The second-order valence-corrected chi connectivity index (χ2v) is 5.69. The molecule has 0 aliphatic carbocycles. The number of nitrogens with one attached hydrogen (secondary N) is 2. The van der Waals surface area contributed by atoms with Crippen molar-refractivity contribution in [3.63, 3.8) is 0 Å². The predicted octanol–water partition coefficient (Wildman–Crippen LogP) is 3.46. The molecule has 0 aliphatic heterocycles. The smallest absolute Gasteiger partial charge is 0.255 e. The molecule has 2 N–H and O–H groups in total. The lowest BCUT2D eigenvalue weighted by Gasteiger charge is -2.16. The molecule has 0 aliphatic rings. The van der Waals surface area contributed by atoms with Gasteiger partial charge in [0.25, 0.3) is 5.91 Å². The molecule has 1 unspecified atom stereocenters. The lowest BCUT2D eigenvalue weighted by atomic mass is 10.0. The number of anilines is 1. The first kappa shape index (κ1) is 16.5. The number of hydrogen-bond acceptors (Lipinski definition) is 3. The van der Waals surface area contributed by atoms with Gasteiger partial charge in [-0.25, -0.2) is 0 Å². The molecule has 0 spiro atoms. The van der Waals surface area contributed by atoms with E-state index >= 15 is 0 Å². The summed E-state index contributed by atoms with van der Waals surface area (Å²) >= 11 is 0. The lowest BCUT2D eigenvalue weighted by Crippen LogP contribution is -2.33. The van der Waals surface area contributed by atoms with Crippen molar-refractivity contribution in [1.82, 2.24) is 10.3 Å². The number of hydrogen-bond donors (Lipinski definition) is 2. The summed E-state index contributed by atoms with van der Waals surface area (Å²) in [6.07, 6.45) is 6.48. The summed E-state index contributed by atoms with van der Waals surface area (Å²) in [5.41, 5.74) is 1.48. The molecule has 0 saturated heterocycles. The van der Waals surface area contributed by atoms with Gasteiger partial charge in [0.1, 0.15) is 0 Å². The van der Waals surface area contributed by atoms with Gasteiger partial charge < -0.3 is 10.6 Å². The molecular formula is C16H27N3O. The van der Waals surface area contributed by atoms with Crippen molar-refractivity contribution < 1.29 is 4.79 Å². The Morgan fingerprint density at radius 2 is 2.05 bits per heavy atom. The minimum Gasteiger partial charge on any atom is -0.384 e. The fourth-order valence-electron chi connectivity index (χ4n) is 1.95. The summed E-state index contributed by atoms with van der Waals surface area (Å²) in [5.74, 6) is 0.613. The van der Waals surface area contributed by atoms with E-state index in [1.54, 1.807) is 12.4 Å². The summed E-state index contributed by atoms with van der Waals surface area (Å²) < 4.78 is 0. The van der Waals surface area contributed by atoms with Gasteiger partial charge in [0, 0.05) is 25.0 Å². The Hall–Kier alpha value is -1.58. The quantitative estimate of drug-likeness (QED) is 0.765. The molecule has 0 aromatic carbocycles. The SMILES string of the molecule is CCCNc1ccncc1C(=O)NC(C)CCC(C)C. The second-order valence-electron chi connectivity index (χ2n) is 5.69. The molecule has 0 saturated carbocycles. The summed E-state index contributed by atoms with van der Waals surface area (Å²) in [6.45, 7) is 9.40. The predicted molar refractivity (Wildman–Crippen MR) is 84.0 cm³/mol. The molecule has 1 aromatic heterocycles. The molecule has 0 radical (unpaired) electrons. The van der Waals surface area contributed by atoms with E-state index in [-0.39, 0.29) is 11.9 Å². The van der Waals surface area contributed by atoms with Crippen molar-refractivity contribution in [2.45, 2.75) is 53.0 Å². The van der Waals surface area contributed by atoms with E-state index in [1.807, 2.05) is 6.07 Å². The molecule has 4 nitrogen and oxygen atoms in total. The summed E-state index contributed by atoms with van der Waals surface area (Å²) in [6, 6.07) is 2.03. The van der Waals surface area contributed by atoms with E-state index in [2.05, 4.69) is 43.3 Å². The Morgan fingerprint density at radius 3 is 2.70 bits per heavy atom. The first-order chi connectivity index (χ1) is 9.54. The van der Waals surface area contributed by atoms with Crippen molar-refractivity contribution in [1.29, 1.82) is 0 Å². The number of rotatable bonds is 8. The van der Waals surface area contributed by atoms with Crippen LogP contribution in [0.25, 0.3) is 0 Å². The largest absolute Gasteiger partial charge is 0.384 e. The standard InChI is InChI=1S/C16H27N3O/c1-5-9-18-15-8-10-17-11-14(15)16(20)19-13(4)7-6-12(2)3/h8,10-13H,5-7,9H2,1-4H3,(H,17,18)(H,19,20). The Morgan fingerprint density at radius 1 is 1.30 bits per heavy atom. The molecule has 1 rings (SSSR count). The molecule has 4 heteroatoms. The monoisotopic (exact) mass is 277 g/mol. The highest BCUT2D eigenvalue weighted by atomic mass is 16.1. The number of carbonyl (C=O) groups is 1. The van der Waals surface area contributed by atoms with Gasteiger partial charge in [0.2, 0.25) is 0 Å². The number of nitrogens with zero attached hydrogens (tertiary/aromatic N) is 1. The minimum atomic E-state index is -0.0482. The average Bonchev–Trinajstić information content (AvgIpc) is 2.43. The third-order valence-corrected chi connectivity index (χ3v) is 3.19. The Bertz CT molecular complexity index is 418. The van der Waals surface area contributed by atoms with Crippen LogP contribution < -0.4 is 10.6 Å². The number of amides is 1. The van der Waals surface area contributed by atoms with Crippen LogP contribution in [-0.2, 0) is 0 Å². The van der Waals surface area contributed by atoms with Crippen LogP contribution in [0.4, 0.5) is 5.69 Å². The summed E-state index contributed by atoms with van der Waals surface area (Å²) in [5, 5.41) is 6.32.